The Bertz CT molecular complexity index is 1080. The molecule has 2 aromatic rings. The van der Waals surface area contributed by atoms with Crippen LogP contribution in [0, 0.1) is 29.9 Å². The van der Waals surface area contributed by atoms with Crippen LogP contribution in [0.5, 0.6) is 0 Å². The van der Waals surface area contributed by atoms with Gasteiger partial charge in [-0.05, 0) is 68.2 Å². The molecule has 0 heterocycles. The third-order valence-electron chi connectivity index (χ3n) is 8.70. The van der Waals surface area contributed by atoms with Crippen molar-refractivity contribution in [3.63, 3.8) is 0 Å². The molecule has 0 saturated heterocycles. The van der Waals surface area contributed by atoms with Crippen LogP contribution >= 0.6 is 0 Å². The number of nitrogens with one attached hydrogen (secondary N) is 3. The molecule has 0 bridgehead atoms. The molecular weight excluding hydrogens is 534 g/mol. The van der Waals surface area contributed by atoms with Gasteiger partial charge in [0, 0.05) is 47.2 Å². The number of hydrogen-bond donors (Lipinski definition) is 3. The van der Waals surface area contributed by atoms with Gasteiger partial charge in [0.25, 0.3) is 0 Å². The van der Waals surface area contributed by atoms with E-state index in [0.717, 1.165) is 66.4 Å². The maximum atomic E-state index is 4.25. The van der Waals surface area contributed by atoms with Crippen LogP contribution in [0.4, 0.5) is 0 Å². The lowest BCUT2D eigenvalue weighted by Gasteiger charge is -2.28. The average molecular weight is 598 g/mol. The van der Waals surface area contributed by atoms with E-state index in [9.17, 15) is 0 Å². The Morgan fingerprint density at radius 3 is 2.02 bits per heavy atom. The molecule has 44 heavy (non-hydrogen) atoms. The van der Waals surface area contributed by atoms with Gasteiger partial charge >= 0.3 is 0 Å². The monoisotopic (exact) mass is 598 g/mol. The zero-order valence-electron chi connectivity index (χ0n) is 29.2. The predicted octanol–water partition coefficient (Wildman–Crippen LogP) is 10.6. The Morgan fingerprint density at radius 1 is 0.818 bits per heavy atom. The topological polar surface area (TPSA) is 36.1 Å². The van der Waals surface area contributed by atoms with Crippen LogP contribution in [0.3, 0.4) is 0 Å². The van der Waals surface area contributed by atoms with Crippen molar-refractivity contribution in [2.24, 2.45) is 17.8 Å². The first-order chi connectivity index (χ1) is 21.2. The largest absolute Gasteiger partial charge is 0.388 e. The molecule has 1 saturated carbocycles. The SMILES string of the molecule is C=C(NC(C)C(C)C(=C)NCC1CCCC1)c1ccccc1.C=C(NC(CCC)C(C)C(=C)CCC)c1cc#ccc1.CC. The Hall–Kier alpha value is -3.38. The highest BCUT2D eigenvalue weighted by molar-refractivity contribution is 5.62. The highest BCUT2D eigenvalue weighted by Gasteiger charge is 2.20. The molecule has 3 heteroatoms. The molecule has 242 valence electrons. The van der Waals surface area contributed by atoms with Crippen LogP contribution in [0.25, 0.3) is 11.4 Å². The van der Waals surface area contributed by atoms with Gasteiger partial charge in [-0.1, -0.05) is 142 Å². The molecule has 0 radical (unpaired) electrons. The lowest BCUT2D eigenvalue weighted by molar-refractivity contribution is 0.426. The van der Waals surface area contributed by atoms with Crippen molar-refractivity contribution in [3.8, 4) is 0 Å². The summed E-state index contributed by atoms with van der Waals surface area (Å²) in [5.41, 5.74) is 6.63. The summed E-state index contributed by atoms with van der Waals surface area (Å²) < 4.78 is 0. The molecule has 3 N–H and O–H groups in total. The fourth-order valence-corrected chi connectivity index (χ4v) is 5.51. The second-order valence-electron chi connectivity index (χ2n) is 12.1. The number of hydrogen-bond acceptors (Lipinski definition) is 3. The summed E-state index contributed by atoms with van der Waals surface area (Å²) in [4.78, 5) is 0. The van der Waals surface area contributed by atoms with Crippen LogP contribution in [-0.4, -0.2) is 18.6 Å². The fourth-order valence-electron chi connectivity index (χ4n) is 5.51. The van der Waals surface area contributed by atoms with Gasteiger partial charge in [-0.15, -0.1) is 0 Å². The smallest absolute Gasteiger partial charge is 0.0349 e. The van der Waals surface area contributed by atoms with Crippen molar-refractivity contribution >= 4 is 11.4 Å². The summed E-state index contributed by atoms with van der Waals surface area (Å²) in [6.07, 6.45) is 10.1. The summed E-state index contributed by atoms with van der Waals surface area (Å²) >= 11 is 0. The first kappa shape index (κ1) is 38.6. The lowest BCUT2D eigenvalue weighted by Crippen LogP contribution is -2.35. The van der Waals surface area contributed by atoms with Crippen molar-refractivity contribution < 1.29 is 0 Å². The molecule has 3 rings (SSSR count). The van der Waals surface area contributed by atoms with Crippen molar-refractivity contribution in [2.75, 3.05) is 6.54 Å². The normalized spacial score (nSPS) is 15.0. The van der Waals surface area contributed by atoms with Gasteiger partial charge in [0.05, 0.1) is 0 Å². The van der Waals surface area contributed by atoms with E-state index < -0.39 is 0 Å². The third kappa shape index (κ3) is 13.9. The quantitative estimate of drug-likeness (QED) is 0.159. The molecule has 1 fully saturated rings. The van der Waals surface area contributed by atoms with E-state index in [1.807, 2.05) is 50.2 Å². The van der Waals surface area contributed by atoms with Crippen molar-refractivity contribution in [3.05, 3.63) is 109 Å². The van der Waals surface area contributed by atoms with Gasteiger partial charge < -0.3 is 16.0 Å². The maximum absolute atomic E-state index is 4.25. The first-order valence-corrected chi connectivity index (χ1v) is 17.1. The molecule has 0 amide bonds. The summed E-state index contributed by atoms with van der Waals surface area (Å²) in [5, 5.41) is 10.6. The molecule has 1 aliphatic rings. The molecule has 4 unspecified atom stereocenters. The minimum atomic E-state index is 0.302. The molecular formula is C41H63N3. The van der Waals surface area contributed by atoms with Crippen LogP contribution in [0.1, 0.15) is 111 Å². The van der Waals surface area contributed by atoms with Gasteiger partial charge in [-0.2, -0.15) is 0 Å². The Morgan fingerprint density at radius 2 is 1.45 bits per heavy atom. The Labute approximate surface area is 272 Å². The fraction of sp³-hybridized carbons (Fsp3) is 0.512. The number of rotatable bonds is 17. The van der Waals surface area contributed by atoms with Crippen molar-refractivity contribution in [1.29, 1.82) is 0 Å². The molecule has 0 spiro atoms. The van der Waals surface area contributed by atoms with E-state index in [0.29, 0.717) is 23.9 Å². The van der Waals surface area contributed by atoms with Crippen molar-refractivity contribution in [2.45, 2.75) is 112 Å². The molecule has 4 atom stereocenters. The average Bonchev–Trinajstić information content (AvgIpc) is 3.58. The van der Waals surface area contributed by atoms with E-state index in [1.165, 1.54) is 31.3 Å². The van der Waals surface area contributed by atoms with Gasteiger partial charge in [-0.3, -0.25) is 0 Å². The minimum absolute atomic E-state index is 0.302. The van der Waals surface area contributed by atoms with Crippen LogP contribution in [0.15, 0.2) is 86.1 Å². The maximum Gasteiger partial charge on any atom is 0.0349 e. The standard InChI is InChI=1S/C20H30N2.C19H27N.C2H6/c1-15(16(2)21-14-19-10-8-9-11-19)17(3)22-18(4)20-12-6-5-7-13-20;1-6-11-15(3)16(4)19(12-7-2)20-17(5)18-13-9-8-10-14-18;1-2/h5-7,12-13,15,17,19,21-22H,2,4,8-11,14H2,1,3H3;9,13-14,16,19-20H,3,5-7,11-12H2,1-2,4H3;1-2H3. The van der Waals surface area contributed by atoms with Crippen molar-refractivity contribution in [1.82, 2.24) is 16.0 Å². The highest BCUT2D eigenvalue weighted by atomic mass is 15.0. The van der Waals surface area contributed by atoms with E-state index in [2.05, 4.69) is 101 Å². The van der Waals surface area contributed by atoms with E-state index >= 15 is 0 Å². The van der Waals surface area contributed by atoms with Crippen LogP contribution in [0.2, 0.25) is 0 Å². The highest BCUT2D eigenvalue weighted by Crippen LogP contribution is 2.25. The second kappa shape index (κ2) is 22.2. The third-order valence-corrected chi connectivity index (χ3v) is 8.70. The molecule has 1 aliphatic carbocycles. The van der Waals surface area contributed by atoms with E-state index in [-0.39, 0.29) is 0 Å². The zero-order chi connectivity index (χ0) is 32.9. The van der Waals surface area contributed by atoms with Gasteiger partial charge in [0.15, 0.2) is 0 Å². The molecule has 0 aliphatic heterocycles. The Kier molecular flexibility index (Phi) is 19.5. The van der Waals surface area contributed by atoms with Gasteiger partial charge in [0.1, 0.15) is 0 Å². The summed E-state index contributed by atoms with van der Waals surface area (Å²) in [6, 6.07) is 22.7. The van der Waals surface area contributed by atoms with E-state index in [1.54, 1.807) is 0 Å². The summed E-state index contributed by atoms with van der Waals surface area (Å²) in [5.74, 6) is 1.67. The van der Waals surface area contributed by atoms with Crippen LogP contribution in [-0.2, 0) is 0 Å². The minimum Gasteiger partial charge on any atom is -0.388 e. The summed E-state index contributed by atoms with van der Waals surface area (Å²) in [7, 11) is 0. The molecule has 2 aromatic carbocycles. The Balaban J connectivity index is 0.000000419. The van der Waals surface area contributed by atoms with Gasteiger partial charge in [-0.25, -0.2) is 0 Å². The predicted molar refractivity (Wildman–Crippen MR) is 196 cm³/mol. The van der Waals surface area contributed by atoms with Crippen LogP contribution < -0.4 is 16.0 Å². The summed E-state index contributed by atoms with van der Waals surface area (Å²) in [6.45, 7) is 33.0. The molecule has 0 aromatic heterocycles. The second-order valence-corrected chi connectivity index (χ2v) is 12.1. The number of benzene rings is 1. The molecule has 3 nitrogen and oxygen atoms in total. The van der Waals surface area contributed by atoms with E-state index in [4.69, 9.17) is 0 Å². The first-order valence-electron chi connectivity index (χ1n) is 17.1. The lowest BCUT2D eigenvalue weighted by atomic mass is 9.88. The zero-order valence-corrected chi connectivity index (χ0v) is 29.2. The van der Waals surface area contributed by atoms with Gasteiger partial charge in [0.2, 0.25) is 0 Å².